The summed E-state index contributed by atoms with van der Waals surface area (Å²) in [5.41, 5.74) is -0.513. The lowest BCUT2D eigenvalue weighted by atomic mass is 9.84. The third kappa shape index (κ3) is 2.99. The molecule has 5 nitrogen and oxygen atoms in total. The molecular weight excluding hydrogens is 267 g/mol. The van der Waals surface area contributed by atoms with Crippen LogP contribution < -0.4 is 0 Å². The van der Waals surface area contributed by atoms with Crippen molar-refractivity contribution in [3.63, 3.8) is 0 Å². The Morgan fingerprint density at radius 1 is 1.42 bits per heavy atom. The molecule has 0 unspecified atom stereocenters. The fraction of sp³-hybridized carbons (Fsp3) is 0.818. The number of hydrogen-bond donors (Lipinski definition) is 1. The molecule has 0 aromatic heterocycles. The molecule has 1 amide bonds. The Morgan fingerprint density at radius 3 is 2.68 bits per heavy atom. The highest BCUT2D eigenvalue weighted by atomic mass is 19.4. The number of nitrogens with zero attached hydrogens (tertiary/aromatic N) is 1. The Morgan fingerprint density at radius 2 is 2.11 bits per heavy atom. The van der Waals surface area contributed by atoms with Gasteiger partial charge in [0, 0.05) is 18.5 Å². The van der Waals surface area contributed by atoms with Crippen LogP contribution in [0.4, 0.5) is 13.2 Å². The second-order valence-corrected chi connectivity index (χ2v) is 5.21. The lowest BCUT2D eigenvalue weighted by Crippen LogP contribution is -2.41. The Kier molecular flexibility index (Phi) is 3.46. The largest absolute Gasteiger partial charge is 0.481 e. The molecule has 2 rings (SSSR count). The van der Waals surface area contributed by atoms with Gasteiger partial charge in [-0.15, -0.1) is 0 Å². The summed E-state index contributed by atoms with van der Waals surface area (Å²) in [5, 5.41) is 8.66. The van der Waals surface area contributed by atoms with Gasteiger partial charge in [0.25, 0.3) is 0 Å². The second kappa shape index (κ2) is 4.66. The van der Waals surface area contributed by atoms with Crippen molar-refractivity contribution in [2.24, 2.45) is 5.41 Å². The first-order valence-electron chi connectivity index (χ1n) is 5.91. The number of carboxylic acid groups (broad SMARTS) is 1. The SMILES string of the molecule is O=C(O)C[C@@H]1C[C@@]2(CCN(C(=O)C(F)(F)F)C2)CO1. The summed E-state index contributed by atoms with van der Waals surface area (Å²) in [6.07, 6.45) is -4.68. The highest BCUT2D eigenvalue weighted by molar-refractivity contribution is 5.82. The van der Waals surface area contributed by atoms with Gasteiger partial charge in [-0.25, -0.2) is 0 Å². The third-order valence-corrected chi connectivity index (χ3v) is 3.66. The molecule has 19 heavy (non-hydrogen) atoms. The number of amides is 1. The Labute approximate surface area is 107 Å². The maximum Gasteiger partial charge on any atom is 0.471 e. The number of halogens is 3. The summed E-state index contributed by atoms with van der Waals surface area (Å²) in [4.78, 5) is 22.5. The number of rotatable bonds is 2. The van der Waals surface area contributed by atoms with Crippen molar-refractivity contribution < 1.29 is 32.6 Å². The van der Waals surface area contributed by atoms with E-state index in [9.17, 15) is 22.8 Å². The van der Waals surface area contributed by atoms with Crippen LogP contribution in [0.15, 0.2) is 0 Å². The predicted molar refractivity (Wildman–Crippen MR) is 56.3 cm³/mol. The minimum absolute atomic E-state index is 0.0124. The van der Waals surface area contributed by atoms with Gasteiger partial charge in [0.15, 0.2) is 0 Å². The number of alkyl halides is 3. The van der Waals surface area contributed by atoms with Gasteiger partial charge in [-0.2, -0.15) is 13.2 Å². The lowest BCUT2D eigenvalue weighted by Gasteiger charge is -2.22. The van der Waals surface area contributed by atoms with Gasteiger partial charge in [-0.1, -0.05) is 0 Å². The summed E-state index contributed by atoms with van der Waals surface area (Å²) in [6.45, 7) is 0.246. The van der Waals surface area contributed by atoms with Gasteiger partial charge in [0.1, 0.15) is 0 Å². The Hall–Kier alpha value is -1.31. The van der Waals surface area contributed by atoms with Crippen LogP contribution >= 0.6 is 0 Å². The zero-order chi connectivity index (χ0) is 14.3. The van der Waals surface area contributed by atoms with E-state index in [1.165, 1.54) is 0 Å². The first-order valence-corrected chi connectivity index (χ1v) is 5.91. The number of aliphatic carboxylic acids is 1. The highest BCUT2D eigenvalue weighted by Gasteiger charge is 2.51. The van der Waals surface area contributed by atoms with Crippen molar-refractivity contribution >= 4 is 11.9 Å². The number of carbonyl (C=O) groups is 2. The van der Waals surface area contributed by atoms with Crippen molar-refractivity contribution in [3.05, 3.63) is 0 Å². The molecule has 0 aliphatic carbocycles. The van der Waals surface area contributed by atoms with Crippen molar-refractivity contribution in [2.75, 3.05) is 19.7 Å². The Balaban J connectivity index is 1.95. The minimum Gasteiger partial charge on any atom is -0.481 e. The van der Waals surface area contributed by atoms with E-state index >= 15 is 0 Å². The molecule has 108 valence electrons. The van der Waals surface area contributed by atoms with Gasteiger partial charge in [0.2, 0.25) is 0 Å². The van der Waals surface area contributed by atoms with Gasteiger partial charge < -0.3 is 14.7 Å². The molecule has 0 aromatic rings. The zero-order valence-electron chi connectivity index (χ0n) is 10.1. The van der Waals surface area contributed by atoms with Crippen LogP contribution in [0.25, 0.3) is 0 Å². The molecule has 0 radical (unpaired) electrons. The smallest absolute Gasteiger partial charge is 0.471 e. The fourth-order valence-electron chi connectivity index (χ4n) is 2.79. The molecule has 1 spiro atoms. The first-order chi connectivity index (χ1) is 8.72. The van der Waals surface area contributed by atoms with E-state index in [-0.39, 0.29) is 26.1 Å². The van der Waals surface area contributed by atoms with Crippen molar-refractivity contribution in [3.8, 4) is 0 Å². The number of hydrogen-bond acceptors (Lipinski definition) is 3. The van der Waals surface area contributed by atoms with Crippen molar-refractivity contribution in [1.82, 2.24) is 4.90 Å². The van der Waals surface area contributed by atoms with E-state index in [0.29, 0.717) is 12.8 Å². The lowest BCUT2D eigenvalue weighted by molar-refractivity contribution is -0.184. The van der Waals surface area contributed by atoms with Crippen LogP contribution in [0.5, 0.6) is 0 Å². The quantitative estimate of drug-likeness (QED) is 0.821. The monoisotopic (exact) mass is 281 g/mol. The summed E-state index contributed by atoms with van der Waals surface area (Å²) < 4.78 is 42.3. The normalized spacial score (nSPS) is 31.1. The maximum absolute atomic E-state index is 12.3. The van der Waals surface area contributed by atoms with Crippen LogP contribution in [0.3, 0.4) is 0 Å². The third-order valence-electron chi connectivity index (χ3n) is 3.66. The van der Waals surface area contributed by atoms with E-state index in [4.69, 9.17) is 9.84 Å². The van der Waals surface area contributed by atoms with Crippen LogP contribution in [0, 0.1) is 5.41 Å². The fourth-order valence-corrected chi connectivity index (χ4v) is 2.79. The molecule has 2 heterocycles. The van der Waals surface area contributed by atoms with E-state index < -0.39 is 29.6 Å². The van der Waals surface area contributed by atoms with Gasteiger partial charge in [-0.3, -0.25) is 9.59 Å². The van der Waals surface area contributed by atoms with E-state index in [1.54, 1.807) is 0 Å². The molecular formula is C11H14F3NO4. The number of ether oxygens (including phenoxy) is 1. The highest BCUT2D eigenvalue weighted by Crippen LogP contribution is 2.42. The molecule has 0 bridgehead atoms. The molecule has 2 saturated heterocycles. The van der Waals surface area contributed by atoms with Crippen LogP contribution in [-0.2, 0) is 14.3 Å². The molecule has 0 saturated carbocycles. The van der Waals surface area contributed by atoms with Crippen molar-refractivity contribution in [1.29, 1.82) is 0 Å². The van der Waals surface area contributed by atoms with Gasteiger partial charge in [0.05, 0.1) is 19.1 Å². The van der Waals surface area contributed by atoms with Gasteiger partial charge in [-0.05, 0) is 12.8 Å². The number of likely N-dealkylation sites (tertiary alicyclic amines) is 1. The zero-order valence-corrected chi connectivity index (χ0v) is 10.1. The average Bonchev–Trinajstić information content (AvgIpc) is 2.84. The van der Waals surface area contributed by atoms with Crippen LogP contribution in [0.1, 0.15) is 19.3 Å². The standard InChI is InChI=1S/C11H14F3NO4/c12-11(13,14)9(18)15-2-1-10(5-15)4-7(19-6-10)3-8(16)17/h7H,1-6H2,(H,16,17)/t7-,10-/m1/s1. The molecule has 2 atom stereocenters. The predicted octanol–water partition coefficient (Wildman–Crippen LogP) is 1.03. The molecule has 2 aliphatic heterocycles. The topological polar surface area (TPSA) is 66.8 Å². The minimum atomic E-state index is -4.86. The van der Waals surface area contributed by atoms with Crippen LogP contribution in [0.2, 0.25) is 0 Å². The molecule has 8 heteroatoms. The summed E-state index contributed by atoms with van der Waals surface area (Å²) >= 11 is 0. The van der Waals surface area contributed by atoms with E-state index in [0.717, 1.165) is 4.90 Å². The van der Waals surface area contributed by atoms with Crippen LogP contribution in [-0.4, -0.2) is 53.9 Å². The number of carbonyl (C=O) groups excluding carboxylic acids is 1. The Bertz CT molecular complexity index is 398. The maximum atomic E-state index is 12.3. The summed E-state index contributed by atoms with van der Waals surface area (Å²) in [5.74, 6) is -2.82. The van der Waals surface area contributed by atoms with E-state index in [2.05, 4.69) is 0 Å². The molecule has 2 fully saturated rings. The van der Waals surface area contributed by atoms with E-state index in [1.807, 2.05) is 0 Å². The van der Waals surface area contributed by atoms with Crippen molar-refractivity contribution in [2.45, 2.75) is 31.5 Å². The molecule has 1 N–H and O–H groups in total. The average molecular weight is 281 g/mol. The summed E-state index contributed by atoms with van der Waals surface area (Å²) in [7, 11) is 0. The van der Waals surface area contributed by atoms with Gasteiger partial charge >= 0.3 is 18.1 Å². The first kappa shape index (κ1) is 14.1. The molecule has 2 aliphatic rings. The summed E-state index contributed by atoms with van der Waals surface area (Å²) in [6, 6.07) is 0. The number of carboxylic acids is 1. The second-order valence-electron chi connectivity index (χ2n) is 5.21. The molecule has 0 aromatic carbocycles.